The number of benzene rings is 1. The lowest BCUT2D eigenvalue weighted by Gasteiger charge is -1.95. The summed E-state index contributed by atoms with van der Waals surface area (Å²) in [4.78, 5) is 9.87. The van der Waals surface area contributed by atoms with Crippen molar-refractivity contribution in [2.45, 2.75) is 6.54 Å². The molecule has 12 heavy (non-hydrogen) atoms. The van der Waals surface area contributed by atoms with Crippen molar-refractivity contribution in [2.24, 2.45) is 5.73 Å². The maximum absolute atomic E-state index is 9.87. The molecule has 2 nitrogen and oxygen atoms in total. The molecular weight excluding hydrogens is 150 g/mol. The number of carbonyl (C=O) groups excluding carboxylic acids is 1. The standard InChI is InChI=1S/C10H10NO/c11-8-10-5-3-9(4-6-10)2-1-7-12/h1-6H,8,11H2/b2-1+. The van der Waals surface area contributed by atoms with Crippen LogP contribution in [-0.4, -0.2) is 6.29 Å². The van der Waals surface area contributed by atoms with Gasteiger partial charge in [0.2, 0.25) is 6.29 Å². The molecular formula is C10H10NO. The molecule has 0 unspecified atom stereocenters. The SMILES string of the molecule is NCc1ccc(/C=C/[C]=O)cc1. The molecule has 2 heteroatoms. The number of nitrogens with two attached hydrogens (primary N) is 1. The van der Waals surface area contributed by atoms with Gasteiger partial charge >= 0.3 is 0 Å². The van der Waals surface area contributed by atoms with Gasteiger partial charge in [-0.3, -0.25) is 4.79 Å². The predicted molar refractivity (Wildman–Crippen MR) is 49.1 cm³/mol. The second kappa shape index (κ2) is 4.46. The molecule has 1 aromatic carbocycles. The maximum atomic E-state index is 9.87. The highest BCUT2D eigenvalue weighted by atomic mass is 16.1. The first-order valence-corrected chi connectivity index (χ1v) is 3.70. The van der Waals surface area contributed by atoms with Crippen LogP contribution in [0, 0.1) is 0 Å². The molecule has 0 atom stereocenters. The van der Waals surface area contributed by atoms with Gasteiger partial charge < -0.3 is 5.73 Å². The van der Waals surface area contributed by atoms with Crippen LogP contribution in [0.4, 0.5) is 0 Å². The van der Waals surface area contributed by atoms with E-state index in [1.54, 1.807) is 12.4 Å². The molecule has 1 aromatic rings. The van der Waals surface area contributed by atoms with Crippen molar-refractivity contribution < 1.29 is 4.79 Å². The summed E-state index contributed by atoms with van der Waals surface area (Å²) in [7, 11) is 0. The van der Waals surface area contributed by atoms with E-state index in [-0.39, 0.29) is 0 Å². The van der Waals surface area contributed by atoms with Gasteiger partial charge in [0.1, 0.15) is 0 Å². The van der Waals surface area contributed by atoms with E-state index in [1.165, 1.54) is 6.08 Å². The van der Waals surface area contributed by atoms with Crippen molar-refractivity contribution in [2.75, 3.05) is 0 Å². The minimum absolute atomic E-state index is 0.545. The molecule has 2 N–H and O–H groups in total. The first-order chi connectivity index (χ1) is 5.86. The molecule has 0 aliphatic heterocycles. The van der Waals surface area contributed by atoms with Crippen LogP contribution in [-0.2, 0) is 11.3 Å². The van der Waals surface area contributed by atoms with Gasteiger partial charge in [0.25, 0.3) is 0 Å². The molecule has 0 fully saturated rings. The largest absolute Gasteiger partial charge is 0.326 e. The molecule has 0 saturated carbocycles. The molecule has 61 valence electrons. The summed E-state index contributed by atoms with van der Waals surface area (Å²) in [5.41, 5.74) is 7.49. The van der Waals surface area contributed by atoms with Gasteiger partial charge in [-0.25, -0.2) is 0 Å². The molecule has 0 saturated heterocycles. The van der Waals surface area contributed by atoms with Crippen molar-refractivity contribution in [1.82, 2.24) is 0 Å². The second-order valence-electron chi connectivity index (χ2n) is 2.40. The van der Waals surface area contributed by atoms with E-state index < -0.39 is 0 Å². The minimum atomic E-state index is 0.545. The van der Waals surface area contributed by atoms with Gasteiger partial charge in [-0.1, -0.05) is 30.3 Å². The Kier molecular flexibility index (Phi) is 3.23. The van der Waals surface area contributed by atoms with E-state index >= 15 is 0 Å². The summed E-state index contributed by atoms with van der Waals surface area (Å²) < 4.78 is 0. The van der Waals surface area contributed by atoms with Crippen LogP contribution in [0.2, 0.25) is 0 Å². The Morgan fingerprint density at radius 3 is 2.50 bits per heavy atom. The molecule has 0 heterocycles. The summed E-state index contributed by atoms with van der Waals surface area (Å²) in [5.74, 6) is 0. The van der Waals surface area contributed by atoms with E-state index in [0.29, 0.717) is 6.54 Å². The summed E-state index contributed by atoms with van der Waals surface area (Å²) in [6.07, 6.45) is 4.74. The fourth-order valence-electron chi connectivity index (χ4n) is 0.895. The average Bonchev–Trinajstić information content (AvgIpc) is 2.15. The van der Waals surface area contributed by atoms with Gasteiger partial charge in [0.15, 0.2) is 0 Å². The first-order valence-electron chi connectivity index (χ1n) is 3.70. The molecule has 0 bridgehead atoms. The fraction of sp³-hybridized carbons (Fsp3) is 0.100. The van der Waals surface area contributed by atoms with Crippen LogP contribution in [0.3, 0.4) is 0 Å². The lowest BCUT2D eigenvalue weighted by molar-refractivity contribution is 0.564. The Balaban J connectivity index is 2.77. The fourth-order valence-corrected chi connectivity index (χ4v) is 0.895. The normalized spacial score (nSPS) is 10.4. The van der Waals surface area contributed by atoms with E-state index in [4.69, 9.17) is 5.73 Å². The number of rotatable bonds is 3. The van der Waals surface area contributed by atoms with E-state index in [2.05, 4.69) is 0 Å². The highest BCUT2D eigenvalue weighted by Gasteiger charge is 1.88. The zero-order chi connectivity index (χ0) is 8.81. The molecule has 0 aliphatic carbocycles. The van der Waals surface area contributed by atoms with Crippen LogP contribution in [0.1, 0.15) is 11.1 Å². The van der Waals surface area contributed by atoms with Crippen molar-refractivity contribution >= 4 is 12.4 Å². The monoisotopic (exact) mass is 160 g/mol. The molecule has 1 rings (SSSR count). The van der Waals surface area contributed by atoms with Gasteiger partial charge in [0, 0.05) is 6.54 Å². The summed E-state index contributed by atoms with van der Waals surface area (Å²) in [6, 6.07) is 7.70. The summed E-state index contributed by atoms with van der Waals surface area (Å²) >= 11 is 0. The van der Waals surface area contributed by atoms with Crippen molar-refractivity contribution in [3.8, 4) is 0 Å². The number of allylic oxidation sites excluding steroid dienone is 1. The molecule has 0 amide bonds. The van der Waals surface area contributed by atoms with Crippen LogP contribution < -0.4 is 5.73 Å². The first kappa shape index (κ1) is 8.68. The van der Waals surface area contributed by atoms with Crippen LogP contribution in [0.5, 0.6) is 0 Å². The molecule has 0 aliphatic rings. The molecule has 1 radical (unpaired) electrons. The van der Waals surface area contributed by atoms with Crippen LogP contribution in [0.25, 0.3) is 6.08 Å². The average molecular weight is 160 g/mol. The third-order valence-corrected chi connectivity index (χ3v) is 1.56. The van der Waals surface area contributed by atoms with Crippen LogP contribution in [0.15, 0.2) is 30.3 Å². The lowest BCUT2D eigenvalue weighted by Crippen LogP contribution is -1.94. The molecule has 0 spiro atoms. The highest BCUT2D eigenvalue weighted by molar-refractivity contribution is 5.74. The third kappa shape index (κ3) is 2.32. The molecule has 0 aromatic heterocycles. The van der Waals surface area contributed by atoms with E-state index in [1.807, 2.05) is 24.3 Å². The van der Waals surface area contributed by atoms with Gasteiger partial charge in [0.05, 0.1) is 0 Å². The second-order valence-corrected chi connectivity index (χ2v) is 2.40. The lowest BCUT2D eigenvalue weighted by atomic mass is 10.1. The van der Waals surface area contributed by atoms with Crippen molar-refractivity contribution in [1.29, 1.82) is 0 Å². The summed E-state index contributed by atoms with van der Waals surface area (Å²) in [5, 5.41) is 0. The summed E-state index contributed by atoms with van der Waals surface area (Å²) in [6.45, 7) is 0.545. The Bertz CT molecular complexity index is 274. The number of hydrogen-bond acceptors (Lipinski definition) is 2. The maximum Gasteiger partial charge on any atom is 0.225 e. The zero-order valence-electron chi connectivity index (χ0n) is 6.66. The Labute approximate surface area is 71.7 Å². The van der Waals surface area contributed by atoms with Crippen molar-refractivity contribution in [3.63, 3.8) is 0 Å². The Morgan fingerprint density at radius 2 is 2.00 bits per heavy atom. The highest BCUT2D eigenvalue weighted by Crippen LogP contribution is 2.04. The third-order valence-electron chi connectivity index (χ3n) is 1.56. The topological polar surface area (TPSA) is 43.1 Å². The Hall–Kier alpha value is -1.41. The van der Waals surface area contributed by atoms with Gasteiger partial charge in [-0.05, 0) is 17.2 Å². The van der Waals surface area contributed by atoms with Crippen molar-refractivity contribution in [3.05, 3.63) is 41.5 Å². The Morgan fingerprint density at radius 1 is 1.33 bits per heavy atom. The smallest absolute Gasteiger partial charge is 0.225 e. The van der Waals surface area contributed by atoms with E-state index in [0.717, 1.165) is 11.1 Å². The van der Waals surface area contributed by atoms with Gasteiger partial charge in [-0.2, -0.15) is 0 Å². The predicted octanol–water partition coefficient (Wildman–Crippen LogP) is 1.27. The van der Waals surface area contributed by atoms with E-state index in [9.17, 15) is 4.79 Å². The number of hydrogen-bond donors (Lipinski definition) is 1. The van der Waals surface area contributed by atoms with Crippen LogP contribution >= 0.6 is 0 Å². The zero-order valence-corrected chi connectivity index (χ0v) is 6.66. The minimum Gasteiger partial charge on any atom is -0.326 e. The van der Waals surface area contributed by atoms with Gasteiger partial charge in [-0.15, -0.1) is 0 Å². The quantitative estimate of drug-likeness (QED) is 0.676.